The summed E-state index contributed by atoms with van der Waals surface area (Å²) in [6.07, 6.45) is 0. The Labute approximate surface area is 128 Å². The topological polar surface area (TPSA) is 84.7 Å². The number of nitro benzene ring substituents is 1. The minimum absolute atomic E-state index is 0.0643. The molecule has 0 bridgehead atoms. The molecule has 0 saturated heterocycles. The fraction of sp³-hybridized carbons (Fsp3) is 0.462. The van der Waals surface area contributed by atoms with E-state index in [9.17, 15) is 14.9 Å². The van der Waals surface area contributed by atoms with Crippen molar-refractivity contribution in [2.45, 2.75) is 0 Å². The summed E-state index contributed by atoms with van der Waals surface area (Å²) in [5, 5.41) is 13.4. The number of carbonyl (C=O) groups excluding carboxylic acids is 1. The standard InChI is InChI=1S/C13H18ClN3O4/c1-16(7-8-21-2)6-5-15-13(18)11-4-3-10(17(19)20)9-12(11)14/h3-4,9H,5-8H2,1-2H3,(H,15,18). The molecule has 1 aromatic carbocycles. The van der Waals surface area contributed by atoms with Crippen molar-refractivity contribution in [3.63, 3.8) is 0 Å². The van der Waals surface area contributed by atoms with Gasteiger partial charge in [-0.15, -0.1) is 0 Å². The van der Waals surface area contributed by atoms with E-state index in [-0.39, 0.29) is 22.2 Å². The van der Waals surface area contributed by atoms with Crippen molar-refractivity contribution >= 4 is 23.2 Å². The molecular weight excluding hydrogens is 298 g/mol. The summed E-state index contributed by atoms with van der Waals surface area (Å²) in [5.74, 6) is -0.352. The number of benzene rings is 1. The molecule has 0 aliphatic rings. The van der Waals surface area contributed by atoms with E-state index in [1.807, 2.05) is 11.9 Å². The van der Waals surface area contributed by atoms with Crippen LogP contribution in [0.3, 0.4) is 0 Å². The molecule has 0 unspecified atom stereocenters. The van der Waals surface area contributed by atoms with E-state index in [0.717, 1.165) is 6.54 Å². The van der Waals surface area contributed by atoms with Crippen LogP contribution in [0.25, 0.3) is 0 Å². The van der Waals surface area contributed by atoms with Crippen molar-refractivity contribution in [3.8, 4) is 0 Å². The second kappa shape index (κ2) is 8.56. The first-order valence-corrected chi connectivity index (χ1v) is 6.73. The Morgan fingerprint density at radius 2 is 2.19 bits per heavy atom. The minimum atomic E-state index is -0.557. The van der Waals surface area contributed by atoms with Gasteiger partial charge in [0.1, 0.15) is 0 Å². The molecular formula is C13H18ClN3O4. The Morgan fingerprint density at radius 3 is 2.76 bits per heavy atom. The number of methoxy groups -OCH3 is 1. The first-order valence-electron chi connectivity index (χ1n) is 6.35. The molecule has 0 aromatic heterocycles. The number of hydrogen-bond donors (Lipinski definition) is 1. The highest BCUT2D eigenvalue weighted by atomic mass is 35.5. The van der Waals surface area contributed by atoms with Crippen molar-refractivity contribution < 1.29 is 14.5 Å². The first kappa shape index (κ1) is 17.4. The molecule has 1 amide bonds. The van der Waals surface area contributed by atoms with Gasteiger partial charge < -0.3 is 15.0 Å². The molecule has 1 rings (SSSR count). The van der Waals surface area contributed by atoms with Gasteiger partial charge >= 0.3 is 0 Å². The van der Waals surface area contributed by atoms with E-state index in [4.69, 9.17) is 16.3 Å². The molecule has 8 heteroatoms. The van der Waals surface area contributed by atoms with Gasteiger partial charge in [-0.2, -0.15) is 0 Å². The van der Waals surface area contributed by atoms with Gasteiger partial charge in [-0.25, -0.2) is 0 Å². The Kier molecular flexibility index (Phi) is 7.07. The van der Waals surface area contributed by atoms with Gasteiger partial charge in [0.05, 0.1) is 22.1 Å². The van der Waals surface area contributed by atoms with Gasteiger partial charge in [0, 0.05) is 38.9 Å². The van der Waals surface area contributed by atoms with Crippen molar-refractivity contribution in [2.24, 2.45) is 0 Å². The van der Waals surface area contributed by atoms with Crippen molar-refractivity contribution in [3.05, 3.63) is 38.9 Å². The summed E-state index contributed by atoms with van der Waals surface area (Å²) in [7, 11) is 3.55. The molecule has 1 aromatic rings. The normalized spacial score (nSPS) is 10.7. The predicted octanol–water partition coefficient (Wildman–Crippen LogP) is 1.56. The van der Waals surface area contributed by atoms with Gasteiger partial charge in [-0.3, -0.25) is 14.9 Å². The van der Waals surface area contributed by atoms with Gasteiger partial charge in [0.15, 0.2) is 0 Å². The smallest absolute Gasteiger partial charge is 0.270 e. The Morgan fingerprint density at radius 1 is 1.48 bits per heavy atom. The van der Waals surface area contributed by atoms with Crippen LogP contribution in [-0.4, -0.2) is 56.1 Å². The molecule has 1 N–H and O–H groups in total. The summed E-state index contributed by atoms with van der Waals surface area (Å²) >= 11 is 5.89. The van der Waals surface area contributed by atoms with Gasteiger partial charge in [0.25, 0.3) is 11.6 Å². The average Bonchev–Trinajstić information content (AvgIpc) is 2.44. The fourth-order valence-electron chi connectivity index (χ4n) is 1.62. The molecule has 0 fully saturated rings. The van der Waals surface area contributed by atoms with Gasteiger partial charge in [-0.1, -0.05) is 11.6 Å². The molecule has 0 aliphatic carbocycles. The zero-order valence-electron chi connectivity index (χ0n) is 12.0. The third-order valence-corrected chi connectivity index (χ3v) is 3.18. The highest BCUT2D eigenvalue weighted by Gasteiger charge is 2.14. The van der Waals surface area contributed by atoms with Crippen LogP contribution in [0.4, 0.5) is 5.69 Å². The Hall–Kier alpha value is -1.70. The third-order valence-electron chi connectivity index (χ3n) is 2.86. The summed E-state index contributed by atoms with van der Waals surface area (Å²) < 4.78 is 4.95. The number of carbonyl (C=O) groups is 1. The molecule has 116 valence electrons. The van der Waals surface area contributed by atoms with Crippen molar-refractivity contribution in [1.29, 1.82) is 0 Å². The molecule has 0 atom stereocenters. The molecule has 0 saturated carbocycles. The third kappa shape index (κ3) is 5.66. The predicted molar refractivity (Wildman–Crippen MR) is 79.8 cm³/mol. The zero-order valence-corrected chi connectivity index (χ0v) is 12.7. The van der Waals surface area contributed by atoms with E-state index in [1.54, 1.807) is 7.11 Å². The molecule has 7 nitrogen and oxygen atoms in total. The molecule has 0 spiro atoms. The maximum Gasteiger partial charge on any atom is 0.270 e. The van der Waals surface area contributed by atoms with E-state index in [0.29, 0.717) is 19.7 Å². The SMILES string of the molecule is COCCN(C)CCNC(=O)c1ccc([N+](=O)[O-])cc1Cl. The number of nitro groups is 1. The van der Waals surface area contributed by atoms with Gasteiger partial charge in [0.2, 0.25) is 0 Å². The lowest BCUT2D eigenvalue weighted by atomic mass is 10.2. The molecule has 0 heterocycles. The van der Waals surface area contributed by atoms with E-state index in [1.165, 1.54) is 18.2 Å². The van der Waals surface area contributed by atoms with Crippen LogP contribution in [0.2, 0.25) is 5.02 Å². The van der Waals surface area contributed by atoms with E-state index >= 15 is 0 Å². The number of nitrogens with zero attached hydrogens (tertiary/aromatic N) is 2. The van der Waals surface area contributed by atoms with Crippen molar-refractivity contribution in [1.82, 2.24) is 10.2 Å². The number of amides is 1. The van der Waals surface area contributed by atoms with Crippen LogP contribution in [0, 0.1) is 10.1 Å². The number of halogens is 1. The summed E-state index contributed by atoms with van der Waals surface area (Å²) in [6, 6.07) is 3.77. The number of hydrogen-bond acceptors (Lipinski definition) is 5. The number of ether oxygens (including phenoxy) is 1. The van der Waals surface area contributed by atoms with Crippen LogP contribution in [0.5, 0.6) is 0 Å². The highest BCUT2D eigenvalue weighted by molar-refractivity contribution is 6.34. The van der Waals surface area contributed by atoms with E-state index < -0.39 is 4.92 Å². The van der Waals surface area contributed by atoms with Crippen LogP contribution < -0.4 is 5.32 Å². The largest absolute Gasteiger partial charge is 0.383 e. The molecule has 21 heavy (non-hydrogen) atoms. The number of nitrogens with one attached hydrogen (secondary N) is 1. The lowest BCUT2D eigenvalue weighted by Crippen LogP contribution is -2.34. The van der Waals surface area contributed by atoms with Gasteiger partial charge in [-0.05, 0) is 13.1 Å². The van der Waals surface area contributed by atoms with Crippen LogP contribution >= 0.6 is 11.6 Å². The van der Waals surface area contributed by atoms with Crippen LogP contribution in [0.15, 0.2) is 18.2 Å². The second-order valence-electron chi connectivity index (χ2n) is 4.47. The Balaban J connectivity index is 2.51. The zero-order chi connectivity index (χ0) is 15.8. The van der Waals surface area contributed by atoms with Crippen LogP contribution in [0.1, 0.15) is 10.4 Å². The molecule has 0 aliphatic heterocycles. The molecule has 0 radical (unpaired) electrons. The van der Waals surface area contributed by atoms with Crippen LogP contribution in [-0.2, 0) is 4.74 Å². The maximum atomic E-state index is 11.9. The average molecular weight is 316 g/mol. The maximum absolute atomic E-state index is 11.9. The first-order chi connectivity index (χ1) is 9.95. The monoisotopic (exact) mass is 315 g/mol. The Bertz CT molecular complexity index is 510. The van der Waals surface area contributed by atoms with E-state index in [2.05, 4.69) is 5.32 Å². The number of non-ortho nitro benzene ring substituents is 1. The second-order valence-corrected chi connectivity index (χ2v) is 4.88. The lowest BCUT2D eigenvalue weighted by Gasteiger charge is -2.16. The highest BCUT2D eigenvalue weighted by Crippen LogP contribution is 2.22. The summed E-state index contributed by atoms with van der Waals surface area (Å²) in [4.78, 5) is 24.0. The summed E-state index contributed by atoms with van der Waals surface area (Å²) in [6.45, 7) is 2.51. The number of rotatable bonds is 8. The lowest BCUT2D eigenvalue weighted by molar-refractivity contribution is -0.384. The fourth-order valence-corrected chi connectivity index (χ4v) is 1.88. The number of likely N-dealkylation sites (N-methyl/N-ethyl adjacent to an activating group) is 1. The minimum Gasteiger partial charge on any atom is -0.383 e. The summed E-state index contributed by atoms with van der Waals surface area (Å²) in [5.41, 5.74) is 0.0812. The van der Waals surface area contributed by atoms with Crippen molar-refractivity contribution in [2.75, 3.05) is 40.4 Å². The quantitative estimate of drug-likeness (QED) is 0.581.